The van der Waals surface area contributed by atoms with Gasteiger partial charge in [-0.3, -0.25) is 0 Å². The molecule has 0 bridgehead atoms. The van der Waals surface area contributed by atoms with Gasteiger partial charge in [0.1, 0.15) is 6.23 Å². The molecule has 2 amide bonds. The van der Waals surface area contributed by atoms with Crippen LogP contribution in [0.4, 0.5) is 10.5 Å². The third kappa shape index (κ3) is 6.94. The molecule has 1 aromatic carbocycles. The summed E-state index contributed by atoms with van der Waals surface area (Å²) >= 11 is 0. The normalized spacial score (nSPS) is 11.8. The highest BCUT2D eigenvalue weighted by Crippen LogP contribution is 2.11. The van der Waals surface area contributed by atoms with Crippen molar-refractivity contribution in [2.24, 2.45) is 0 Å². The standard InChI is InChI=1S/C14H24N4O3/c1-18(2)12-7-5-11(6-8-12)10-16-14(20)15-9-3-4-13(19)17-21/h5-8,13,17,19,21H,3-4,9-10H2,1-2H3,(H2,15,16,20). The SMILES string of the molecule is CN(C)c1ccc(CNC(=O)NCCCC(O)NO)cc1. The molecule has 0 aromatic heterocycles. The van der Waals surface area contributed by atoms with Gasteiger partial charge < -0.3 is 25.8 Å². The molecule has 118 valence electrons. The number of amides is 2. The van der Waals surface area contributed by atoms with Gasteiger partial charge in [-0.2, -0.15) is 5.48 Å². The van der Waals surface area contributed by atoms with E-state index in [0.29, 0.717) is 25.9 Å². The van der Waals surface area contributed by atoms with Crippen LogP contribution in [0.2, 0.25) is 0 Å². The highest BCUT2D eigenvalue weighted by Gasteiger charge is 2.03. The van der Waals surface area contributed by atoms with Crippen LogP contribution in [-0.4, -0.2) is 43.2 Å². The van der Waals surface area contributed by atoms with Crippen molar-refractivity contribution < 1.29 is 15.1 Å². The first-order valence-corrected chi connectivity index (χ1v) is 6.88. The Morgan fingerprint density at radius 3 is 2.48 bits per heavy atom. The summed E-state index contributed by atoms with van der Waals surface area (Å²) in [6.07, 6.45) is -0.0206. The molecular formula is C14H24N4O3. The molecule has 7 heteroatoms. The van der Waals surface area contributed by atoms with Gasteiger partial charge in [0.25, 0.3) is 0 Å². The second kappa shape index (κ2) is 9.17. The van der Waals surface area contributed by atoms with E-state index in [-0.39, 0.29) is 6.03 Å². The highest BCUT2D eigenvalue weighted by molar-refractivity contribution is 5.73. The Morgan fingerprint density at radius 1 is 1.24 bits per heavy atom. The summed E-state index contributed by atoms with van der Waals surface area (Å²) in [5.74, 6) is 0. The summed E-state index contributed by atoms with van der Waals surface area (Å²) in [7, 11) is 3.95. The van der Waals surface area contributed by atoms with Gasteiger partial charge in [-0.1, -0.05) is 12.1 Å². The Kier molecular flexibility index (Phi) is 7.52. The molecule has 1 aromatic rings. The number of hydrogen-bond donors (Lipinski definition) is 5. The van der Waals surface area contributed by atoms with E-state index in [0.717, 1.165) is 11.3 Å². The molecule has 0 aliphatic heterocycles. The maximum atomic E-state index is 11.5. The van der Waals surface area contributed by atoms with Gasteiger partial charge in [0, 0.05) is 32.9 Å². The molecule has 1 atom stereocenters. The molecule has 0 aliphatic carbocycles. The highest BCUT2D eigenvalue weighted by atomic mass is 16.5. The second-order valence-electron chi connectivity index (χ2n) is 4.96. The Balaban J connectivity index is 2.20. The zero-order valence-electron chi connectivity index (χ0n) is 12.5. The van der Waals surface area contributed by atoms with Crippen LogP contribution in [0.15, 0.2) is 24.3 Å². The number of anilines is 1. The average molecular weight is 296 g/mol. The minimum absolute atomic E-state index is 0.252. The van der Waals surface area contributed by atoms with Crippen molar-refractivity contribution in [2.45, 2.75) is 25.6 Å². The van der Waals surface area contributed by atoms with Gasteiger partial charge in [-0.05, 0) is 30.5 Å². The first-order valence-electron chi connectivity index (χ1n) is 6.88. The van der Waals surface area contributed by atoms with Crippen LogP contribution in [0.1, 0.15) is 18.4 Å². The number of nitrogens with one attached hydrogen (secondary N) is 3. The van der Waals surface area contributed by atoms with E-state index < -0.39 is 6.23 Å². The Labute approximate surface area is 124 Å². The van der Waals surface area contributed by atoms with Crippen molar-refractivity contribution in [3.05, 3.63) is 29.8 Å². The van der Waals surface area contributed by atoms with E-state index in [1.165, 1.54) is 0 Å². The minimum Gasteiger partial charge on any atom is -0.378 e. The number of aliphatic hydroxyl groups is 1. The van der Waals surface area contributed by atoms with Crippen molar-refractivity contribution in [1.82, 2.24) is 16.1 Å². The largest absolute Gasteiger partial charge is 0.378 e. The molecule has 0 saturated heterocycles. The van der Waals surface area contributed by atoms with Crippen molar-refractivity contribution >= 4 is 11.7 Å². The van der Waals surface area contributed by atoms with Crippen LogP contribution in [0, 0.1) is 0 Å². The molecule has 0 saturated carbocycles. The van der Waals surface area contributed by atoms with E-state index in [9.17, 15) is 4.79 Å². The first kappa shape index (κ1) is 17.2. The van der Waals surface area contributed by atoms with Gasteiger partial charge >= 0.3 is 6.03 Å². The van der Waals surface area contributed by atoms with Crippen molar-refractivity contribution in [2.75, 3.05) is 25.5 Å². The van der Waals surface area contributed by atoms with Gasteiger partial charge in [0.2, 0.25) is 0 Å². The number of rotatable bonds is 8. The van der Waals surface area contributed by atoms with E-state index in [2.05, 4.69) is 10.6 Å². The van der Waals surface area contributed by atoms with Crippen LogP contribution in [-0.2, 0) is 6.54 Å². The van der Waals surface area contributed by atoms with Gasteiger partial charge in [0.15, 0.2) is 0 Å². The molecule has 1 unspecified atom stereocenters. The number of nitrogens with zero attached hydrogens (tertiary/aromatic N) is 1. The number of hydroxylamine groups is 1. The predicted molar refractivity (Wildman–Crippen MR) is 81.2 cm³/mol. The number of hydrogen-bond acceptors (Lipinski definition) is 5. The lowest BCUT2D eigenvalue weighted by Crippen LogP contribution is -2.36. The average Bonchev–Trinajstić information content (AvgIpc) is 2.49. The van der Waals surface area contributed by atoms with Crippen LogP contribution in [0.3, 0.4) is 0 Å². The molecule has 0 radical (unpaired) electrons. The minimum atomic E-state index is -0.954. The number of benzene rings is 1. The maximum absolute atomic E-state index is 11.5. The molecule has 7 nitrogen and oxygen atoms in total. The van der Waals surface area contributed by atoms with Crippen molar-refractivity contribution in [1.29, 1.82) is 0 Å². The second-order valence-corrected chi connectivity index (χ2v) is 4.96. The van der Waals surface area contributed by atoms with Crippen LogP contribution in [0.25, 0.3) is 0 Å². The van der Waals surface area contributed by atoms with Gasteiger partial charge in [0.05, 0.1) is 0 Å². The van der Waals surface area contributed by atoms with Crippen molar-refractivity contribution in [3.8, 4) is 0 Å². The molecule has 1 rings (SSSR count). The lowest BCUT2D eigenvalue weighted by Gasteiger charge is -2.13. The summed E-state index contributed by atoms with van der Waals surface area (Å²) in [5.41, 5.74) is 3.87. The Hall–Kier alpha value is -1.83. The fourth-order valence-corrected chi connectivity index (χ4v) is 1.72. The predicted octanol–water partition coefficient (Wildman–Crippen LogP) is 0.629. The van der Waals surface area contributed by atoms with E-state index in [1.54, 1.807) is 5.48 Å². The zero-order valence-corrected chi connectivity index (χ0v) is 12.5. The quantitative estimate of drug-likeness (QED) is 0.275. The smallest absolute Gasteiger partial charge is 0.315 e. The Morgan fingerprint density at radius 2 is 1.90 bits per heavy atom. The molecular weight excluding hydrogens is 272 g/mol. The van der Waals surface area contributed by atoms with E-state index in [1.807, 2.05) is 43.3 Å². The summed E-state index contributed by atoms with van der Waals surface area (Å²) < 4.78 is 0. The maximum Gasteiger partial charge on any atom is 0.315 e. The van der Waals surface area contributed by atoms with Crippen LogP contribution < -0.4 is 21.0 Å². The van der Waals surface area contributed by atoms with E-state index >= 15 is 0 Å². The van der Waals surface area contributed by atoms with Gasteiger partial charge in [-0.15, -0.1) is 0 Å². The number of carbonyl (C=O) groups excluding carboxylic acids is 1. The molecule has 5 N–H and O–H groups in total. The monoisotopic (exact) mass is 296 g/mol. The lowest BCUT2D eigenvalue weighted by molar-refractivity contribution is -0.00342. The molecule has 0 heterocycles. The topological polar surface area (TPSA) is 96.9 Å². The first-order chi connectivity index (χ1) is 10.0. The fraction of sp³-hybridized carbons (Fsp3) is 0.500. The van der Waals surface area contributed by atoms with Crippen molar-refractivity contribution in [3.63, 3.8) is 0 Å². The zero-order chi connectivity index (χ0) is 15.7. The summed E-state index contributed by atoms with van der Waals surface area (Å²) in [5, 5.41) is 22.9. The number of aliphatic hydroxyl groups excluding tert-OH is 1. The summed E-state index contributed by atoms with van der Waals surface area (Å²) in [6, 6.07) is 7.69. The summed E-state index contributed by atoms with van der Waals surface area (Å²) in [4.78, 5) is 13.6. The lowest BCUT2D eigenvalue weighted by atomic mass is 10.2. The fourth-order valence-electron chi connectivity index (χ4n) is 1.72. The number of carbonyl (C=O) groups is 1. The Bertz CT molecular complexity index is 423. The van der Waals surface area contributed by atoms with Crippen LogP contribution in [0.5, 0.6) is 0 Å². The molecule has 21 heavy (non-hydrogen) atoms. The van der Waals surface area contributed by atoms with E-state index in [4.69, 9.17) is 10.3 Å². The molecule has 0 fully saturated rings. The summed E-state index contributed by atoms with van der Waals surface area (Å²) in [6.45, 7) is 0.893. The third-order valence-corrected chi connectivity index (χ3v) is 2.99. The number of urea groups is 1. The van der Waals surface area contributed by atoms with Crippen LogP contribution >= 0.6 is 0 Å². The molecule has 0 spiro atoms. The van der Waals surface area contributed by atoms with Gasteiger partial charge in [-0.25, -0.2) is 4.79 Å². The molecule has 0 aliphatic rings. The third-order valence-electron chi connectivity index (χ3n) is 2.99.